The van der Waals surface area contributed by atoms with Gasteiger partial charge in [0.05, 0.1) is 25.7 Å². The lowest BCUT2D eigenvalue weighted by atomic mass is 10.3. The third-order valence-corrected chi connectivity index (χ3v) is 1.89. The summed E-state index contributed by atoms with van der Waals surface area (Å²) in [4.78, 5) is 0. The van der Waals surface area contributed by atoms with Crippen LogP contribution in [0.25, 0.3) is 0 Å². The van der Waals surface area contributed by atoms with E-state index in [1.54, 1.807) is 0 Å². The van der Waals surface area contributed by atoms with E-state index >= 15 is 0 Å². The van der Waals surface area contributed by atoms with Crippen LogP contribution in [0.3, 0.4) is 0 Å². The zero-order valence-corrected chi connectivity index (χ0v) is 14.0. The summed E-state index contributed by atoms with van der Waals surface area (Å²) in [5, 5.41) is 0. The largest absolute Gasteiger partial charge is 0.394 e. The molecule has 0 saturated heterocycles. The first kappa shape index (κ1) is 32.5. The highest BCUT2D eigenvalue weighted by molar-refractivity contribution is 4.63. The molecule has 0 aromatic heterocycles. The average molecular weight is 480 g/mol. The summed E-state index contributed by atoms with van der Waals surface area (Å²) in [6.45, 7) is 0.237. The topological polar surface area (TPSA) is 0 Å². The van der Waals surface area contributed by atoms with Gasteiger partial charge in [0.1, 0.15) is 6.42 Å². The van der Waals surface area contributed by atoms with Crippen LogP contribution in [0, 0.1) is 0 Å². The Morgan fingerprint density at radius 3 is 0.552 bits per heavy atom. The maximum Gasteiger partial charge on any atom is 0.394 e. The molecule has 0 aromatic carbocycles. The van der Waals surface area contributed by atoms with Gasteiger partial charge in [0.15, 0.2) is 0 Å². The second kappa shape index (κ2) is 11.3. The summed E-state index contributed by atoms with van der Waals surface area (Å²) in [6, 6.07) is 0. The van der Waals surface area contributed by atoms with Crippen LogP contribution in [-0.2, 0) is 0 Å². The van der Waals surface area contributed by atoms with Gasteiger partial charge >= 0.3 is 30.9 Å². The van der Waals surface area contributed by atoms with Crippen LogP contribution < -0.4 is 0 Å². The van der Waals surface area contributed by atoms with Crippen molar-refractivity contribution >= 4 is 0 Å². The van der Waals surface area contributed by atoms with Crippen molar-refractivity contribution in [1.29, 1.82) is 0 Å². The van der Waals surface area contributed by atoms with Crippen LogP contribution in [0.5, 0.6) is 0 Å². The minimum Gasteiger partial charge on any atom is -0.207 e. The van der Waals surface area contributed by atoms with Gasteiger partial charge in [-0.15, -0.1) is 0 Å². The first-order valence-corrected chi connectivity index (χ1v) is 6.83. The fourth-order valence-electron chi connectivity index (χ4n) is 0.919. The van der Waals surface area contributed by atoms with Gasteiger partial charge in [-0.25, -0.2) is 8.78 Å². The first-order valence-electron chi connectivity index (χ1n) is 6.83. The smallest absolute Gasteiger partial charge is 0.207 e. The maximum atomic E-state index is 11.5. The highest BCUT2D eigenvalue weighted by Gasteiger charge is 2.40. The van der Waals surface area contributed by atoms with Crippen molar-refractivity contribution in [1.82, 2.24) is 0 Å². The van der Waals surface area contributed by atoms with Crippen LogP contribution in [0.15, 0.2) is 0 Å². The highest BCUT2D eigenvalue weighted by atomic mass is 19.4. The average Bonchev–Trinajstić information content (AvgIpc) is 2.28. The summed E-state index contributed by atoms with van der Waals surface area (Å²) in [5.41, 5.74) is 0. The summed E-state index contributed by atoms with van der Waals surface area (Å²) >= 11 is 0. The predicted octanol–water partition coefficient (Wildman–Crippen LogP) is 8.38. The molecule has 180 valence electrons. The van der Waals surface area contributed by atoms with Crippen molar-refractivity contribution in [3.8, 4) is 0 Å². The van der Waals surface area contributed by atoms with E-state index in [-0.39, 0.29) is 6.92 Å². The fourth-order valence-corrected chi connectivity index (χ4v) is 0.919. The van der Waals surface area contributed by atoms with Gasteiger partial charge in [-0.1, -0.05) is 0 Å². The molecule has 0 aliphatic heterocycles. The van der Waals surface area contributed by atoms with E-state index in [4.69, 9.17) is 0 Å². The van der Waals surface area contributed by atoms with Gasteiger partial charge in [-0.2, -0.15) is 65.9 Å². The molecule has 0 spiro atoms. The summed E-state index contributed by atoms with van der Waals surface area (Å²) in [6.07, 6.45) is -32.8. The van der Waals surface area contributed by atoms with E-state index in [2.05, 4.69) is 0 Å². The molecule has 0 amide bonds. The number of halogens is 17. The number of alkyl halides is 17. The maximum absolute atomic E-state index is 11.5. The van der Waals surface area contributed by atoms with E-state index in [1.165, 1.54) is 0 Å². The van der Waals surface area contributed by atoms with Crippen molar-refractivity contribution in [3.63, 3.8) is 0 Å². The Morgan fingerprint density at radius 2 is 0.517 bits per heavy atom. The van der Waals surface area contributed by atoms with Crippen molar-refractivity contribution in [2.75, 3.05) is 0 Å². The van der Waals surface area contributed by atoms with Crippen LogP contribution in [0.2, 0.25) is 0 Å². The molecule has 29 heavy (non-hydrogen) atoms. The van der Waals surface area contributed by atoms with Crippen molar-refractivity contribution in [2.45, 2.75) is 75.8 Å². The summed E-state index contributed by atoms with van der Waals surface area (Å²) in [5.74, 6) is -3.64. The summed E-state index contributed by atoms with van der Waals surface area (Å²) < 4.78 is 189. The monoisotopic (exact) mass is 480 g/mol. The Kier molecular flexibility index (Phi) is 12.6. The molecule has 0 radical (unpaired) electrons. The van der Waals surface area contributed by atoms with E-state index in [0.717, 1.165) is 0 Å². The minimum atomic E-state index is -4.77. The molecule has 0 nitrogen and oxygen atoms in total. The molecule has 0 heterocycles. The lowest BCUT2D eigenvalue weighted by molar-refractivity contribution is -0.183. The Bertz CT molecular complexity index is 343. The van der Waals surface area contributed by atoms with Gasteiger partial charge in [-0.05, 0) is 6.92 Å². The molecular formula is C12H13F17. The van der Waals surface area contributed by atoms with Crippen molar-refractivity contribution < 1.29 is 74.6 Å². The number of hydrogen-bond acceptors (Lipinski definition) is 0. The third kappa shape index (κ3) is 46.6. The molecular weight excluding hydrogens is 467 g/mol. The Morgan fingerprint density at radius 1 is 0.345 bits per heavy atom. The second-order valence-electron chi connectivity index (χ2n) is 5.32. The van der Waals surface area contributed by atoms with Gasteiger partial charge in [0, 0.05) is 0 Å². The van der Waals surface area contributed by atoms with Crippen molar-refractivity contribution in [3.05, 3.63) is 0 Å². The SMILES string of the molecule is CC(F)(F)CC(F)(F)F.FC(F)(F)CCC(F)(F)F.FC(F)(F)CCC(F)(F)F. The molecule has 0 bridgehead atoms. The van der Waals surface area contributed by atoms with Crippen LogP contribution >= 0.6 is 0 Å². The molecule has 0 saturated carbocycles. The van der Waals surface area contributed by atoms with Gasteiger partial charge in [0.25, 0.3) is 5.92 Å². The van der Waals surface area contributed by atoms with Crippen molar-refractivity contribution in [2.24, 2.45) is 0 Å². The normalized spacial score (nSPS) is 13.9. The zero-order chi connectivity index (χ0) is 24.5. The van der Waals surface area contributed by atoms with Crippen LogP contribution in [-0.4, -0.2) is 36.8 Å². The Balaban J connectivity index is -0.000000350. The van der Waals surface area contributed by atoms with E-state index in [0.29, 0.717) is 0 Å². The molecule has 17 heteroatoms. The minimum absolute atomic E-state index is 0.237. The number of rotatable bonds is 3. The van der Waals surface area contributed by atoms with Gasteiger partial charge < -0.3 is 0 Å². The van der Waals surface area contributed by atoms with Gasteiger partial charge in [-0.3, -0.25) is 0 Å². The molecule has 0 N–H and O–H groups in total. The molecule has 0 rings (SSSR count). The Hall–Kier alpha value is -1.19. The van der Waals surface area contributed by atoms with Crippen LogP contribution in [0.4, 0.5) is 74.6 Å². The summed E-state index contributed by atoms with van der Waals surface area (Å²) in [7, 11) is 0. The number of hydrogen-bond donors (Lipinski definition) is 0. The standard InChI is InChI=1S/2C4H4F6.C4H5F5/c2*5-3(6,7)1-2-4(8,9)10;1-3(5,6)2-4(7,8)9/h2*1-2H2;2H2,1H3. The Labute approximate surface area is 152 Å². The first-order chi connectivity index (χ1) is 12.1. The highest BCUT2D eigenvalue weighted by Crippen LogP contribution is 2.31. The molecule has 0 aliphatic rings. The van der Waals surface area contributed by atoms with E-state index < -0.39 is 68.9 Å². The quantitative estimate of drug-likeness (QED) is 0.356. The second-order valence-corrected chi connectivity index (χ2v) is 5.32. The molecule has 0 aliphatic carbocycles. The molecule has 0 aromatic rings. The molecule has 0 atom stereocenters. The predicted molar refractivity (Wildman–Crippen MR) is 64.0 cm³/mol. The molecule has 0 unspecified atom stereocenters. The van der Waals surface area contributed by atoms with E-state index in [1.807, 2.05) is 0 Å². The zero-order valence-electron chi connectivity index (χ0n) is 14.0. The molecule has 0 fully saturated rings. The van der Waals surface area contributed by atoms with Gasteiger partial charge in [0.2, 0.25) is 0 Å². The van der Waals surface area contributed by atoms with Crippen LogP contribution in [0.1, 0.15) is 39.0 Å². The lowest BCUT2D eigenvalue weighted by Gasteiger charge is -2.11. The van der Waals surface area contributed by atoms with E-state index in [9.17, 15) is 74.6 Å². The lowest BCUT2D eigenvalue weighted by Crippen LogP contribution is -2.21. The third-order valence-electron chi connectivity index (χ3n) is 1.89. The fraction of sp³-hybridized carbons (Fsp3) is 1.00.